The first-order chi connectivity index (χ1) is 11.8. The molecule has 0 aliphatic carbocycles. The van der Waals surface area contributed by atoms with Crippen molar-refractivity contribution in [2.24, 2.45) is 0 Å². The number of ether oxygens (including phenoxy) is 2. The monoisotopic (exact) mass is 416 g/mol. The van der Waals surface area contributed by atoms with Gasteiger partial charge in [0.15, 0.2) is 15.3 Å². The highest BCUT2D eigenvalue weighted by molar-refractivity contribution is 7.91. The first-order valence-electron chi connectivity index (χ1n) is 8.25. The number of rotatable bonds is 12. The number of hydrogen-bond donors (Lipinski definition) is 0. The van der Waals surface area contributed by atoms with Gasteiger partial charge in [0.05, 0.1) is 6.10 Å². The molecule has 0 spiro atoms. The zero-order chi connectivity index (χ0) is 20.5. The Hall–Kier alpha value is -1.20. The highest BCUT2D eigenvalue weighted by Gasteiger charge is 2.26. The Labute approximate surface area is 155 Å². The molecule has 0 aromatic heterocycles. The van der Waals surface area contributed by atoms with Crippen molar-refractivity contribution in [2.45, 2.75) is 76.8 Å². The van der Waals surface area contributed by atoms with Crippen LogP contribution in [0.15, 0.2) is 0 Å². The van der Waals surface area contributed by atoms with Gasteiger partial charge in [-0.25, -0.2) is 8.42 Å². The van der Waals surface area contributed by atoms with E-state index in [1.165, 1.54) is 13.8 Å². The molecule has 9 nitrogen and oxygen atoms in total. The summed E-state index contributed by atoms with van der Waals surface area (Å²) in [6, 6.07) is 0. The van der Waals surface area contributed by atoms with Crippen LogP contribution in [0.1, 0.15) is 59.8 Å². The smallest absolute Gasteiger partial charge is 0.307 e. The minimum atomic E-state index is -3.98. The van der Waals surface area contributed by atoms with Gasteiger partial charge in [0.25, 0.3) is 0 Å². The van der Waals surface area contributed by atoms with E-state index in [9.17, 15) is 26.4 Å². The lowest BCUT2D eigenvalue weighted by Gasteiger charge is -2.15. The van der Waals surface area contributed by atoms with Gasteiger partial charge in [0, 0.05) is 19.1 Å². The first kappa shape index (κ1) is 24.8. The van der Waals surface area contributed by atoms with Gasteiger partial charge in [-0.1, -0.05) is 6.42 Å². The van der Waals surface area contributed by atoms with E-state index in [4.69, 9.17) is 13.7 Å². The number of carbonyl (C=O) groups excluding carboxylic acids is 2. The molecule has 0 saturated heterocycles. The molecule has 0 radical (unpaired) electrons. The van der Waals surface area contributed by atoms with E-state index in [1.807, 2.05) is 0 Å². The molecule has 0 rings (SSSR count). The van der Waals surface area contributed by atoms with Crippen LogP contribution >= 0.6 is 0 Å². The molecule has 0 bridgehead atoms. The summed E-state index contributed by atoms with van der Waals surface area (Å²) in [5.74, 6) is -1.31. The van der Waals surface area contributed by atoms with Crippen LogP contribution in [0.5, 0.6) is 0 Å². The normalized spacial score (nSPS) is 14.7. The Morgan fingerprint density at radius 2 is 1.19 bits per heavy atom. The summed E-state index contributed by atoms with van der Waals surface area (Å²) in [6.45, 7) is 5.59. The third-order valence-corrected chi connectivity index (χ3v) is 6.06. The van der Waals surface area contributed by atoms with E-state index in [0.29, 0.717) is 19.3 Å². The molecule has 0 aromatic carbocycles. The summed E-state index contributed by atoms with van der Waals surface area (Å²) >= 11 is 0. The first-order valence-corrected chi connectivity index (χ1v) is 11.7. The zero-order valence-corrected chi connectivity index (χ0v) is 17.4. The summed E-state index contributed by atoms with van der Waals surface area (Å²) < 4.78 is 60.0. The standard InChI is InChI=1S/C15H28O9S2/c1-11(2)24-26(20,21)13(4)23-15(17)10-8-6-7-9-14(16)22-12(3)25(5,18)19/h11-13H,6-10H2,1-5H3. The Morgan fingerprint density at radius 3 is 1.58 bits per heavy atom. The number of carbonyl (C=O) groups is 2. The van der Waals surface area contributed by atoms with Crippen molar-refractivity contribution in [3.63, 3.8) is 0 Å². The number of hydrogen-bond acceptors (Lipinski definition) is 9. The van der Waals surface area contributed by atoms with Crippen LogP contribution in [-0.2, 0) is 43.2 Å². The molecule has 0 saturated carbocycles. The third kappa shape index (κ3) is 10.7. The van der Waals surface area contributed by atoms with Crippen LogP contribution in [0.25, 0.3) is 0 Å². The Morgan fingerprint density at radius 1 is 0.769 bits per heavy atom. The fourth-order valence-corrected chi connectivity index (χ4v) is 2.90. The predicted molar refractivity (Wildman–Crippen MR) is 94.2 cm³/mol. The topological polar surface area (TPSA) is 130 Å². The van der Waals surface area contributed by atoms with Crippen molar-refractivity contribution >= 4 is 31.9 Å². The zero-order valence-electron chi connectivity index (χ0n) is 15.8. The molecule has 2 atom stereocenters. The van der Waals surface area contributed by atoms with Crippen molar-refractivity contribution in [3.8, 4) is 0 Å². The highest BCUT2D eigenvalue weighted by Crippen LogP contribution is 2.12. The largest absolute Gasteiger partial charge is 0.446 e. The van der Waals surface area contributed by atoms with Gasteiger partial charge >= 0.3 is 22.1 Å². The van der Waals surface area contributed by atoms with Crippen LogP contribution in [-0.4, -0.2) is 52.0 Å². The minimum absolute atomic E-state index is 0.00364. The van der Waals surface area contributed by atoms with E-state index >= 15 is 0 Å². The van der Waals surface area contributed by atoms with Crippen LogP contribution < -0.4 is 0 Å². The Kier molecular flexibility index (Phi) is 10.3. The predicted octanol–water partition coefficient (Wildman–Crippen LogP) is 1.51. The van der Waals surface area contributed by atoms with E-state index in [1.54, 1.807) is 13.8 Å². The molecule has 26 heavy (non-hydrogen) atoms. The van der Waals surface area contributed by atoms with Gasteiger partial charge in [-0.3, -0.25) is 13.8 Å². The van der Waals surface area contributed by atoms with Gasteiger partial charge in [0.2, 0.25) is 5.44 Å². The molecule has 154 valence electrons. The summed E-state index contributed by atoms with van der Waals surface area (Å²) in [7, 11) is -7.42. The Balaban J connectivity index is 4.05. The van der Waals surface area contributed by atoms with Crippen molar-refractivity contribution < 1.29 is 40.1 Å². The second-order valence-electron chi connectivity index (χ2n) is 6.14. The second kappa shape index (κ2) is 10.8. The summed E-state index contributed by atoms with van der Waals surface area (Å²) in [5, 5.41) is 0. The fourth-order valence-electron chi connectivity index (χ4n) is 1.70. The van der Waals surface area contributed by atoms with Crippen LogP contribution in [0, 0.1) is 0 Å². The number of esters is 2. The Bertz CT molecular complexity index is 665. The van der Waals surface area contributed by atoms with E-state index in [2.05, 4.69) is 0 Å². The molecule has 0 aliphatic heterocycles. The average Bonchev–Trinajstić information content (AvgIpc) is 2.44. The van der Waals surface area contributed by atoms with Crippen LogP contribution in [0.3, 0.4) is 0 Å². The minimum Gasteiger partial charge on any atom is -0.446 e. The number of unbranched alkanes of at least 4 members (excludes halogenated alkanes) is 2. The molecule has 0 N–H and O–H groups in total. The van der Waals surface area contributed by atoms with Gasteiger partial charge < -0.3 is 9.47 Å². The fraction of sp³-hybridized carbons (Fsp3) is 0.867. The number of sulfone groups is 1. The lowest BCUT2D eigenvalue weighted by molar-refractivity contribution is -0.145. The lowest BCUT2D eigenvalue weighted by atomic mass is 10.1. The van der Waals surface area contributed by atoms with Crippen LogP contribution in [0.2, 0.25) is 0 Å². The van der Waals surface area contributed by atoms with Gasteiger partial charge in [0.1, 0.15) is 0 Å². The summed E-state index contributed by atoms with van der Waals surface area (Å²) in [5.41, 5.74) is -2.59. The molecular formula is C15H28O9S2. The molecule has 0 aromatic rings. The van der Waals surface area contributed by atoms with Gasteiger partial charge in [-0.15, -0.1) is 0 Å². The average molecular weight is 417 g/mol. The second-order valence-corrected chi connectivity index (χ2v) is 10.3. The molecule has 0 aliphatic rings. The molecule has 11 heteroatoms. The lowest BCUT2D eigenvalue weighted by Crippen LogP contribution is -2.28. The van der Waals surface area contributed by atoms with Crippen molar-refractivity contribution in [3.05, 3.63) is 0 Å². The molecule has 2 unspecified atom stereocenters. The molecular weight excluding hydrogens is 388 g/mol. The maximum Gasteiger partial charge on any atom is 0.307 e. The van der Waals surface area contributed by atoms with Crippen LogP contribution in [0.4, 0.5) is 0 Å². The summed E-state index contributed by atoms with van der Waals surface area (Å²) in [4.78, 5) is 23.1. The van der Waals surface area contributed by atoms with E-state index in [0.717, 1.165) is 6.26 Å². The van der Waals surface area contributed by atoms with Crippen molar-refractivity contribution in [2.75, 3.05) is 6.26 Å². The van der Waals surface area contributed by atoms with Gasteiger partial charge in [-0.05, 0) is 40.5 Å². The highest BCUT2D eigenvalue weighted by atomic mass is 32.2. The maximum atomic E-state index is 11.7. The maximum absolute atomic E-state index is 11.7. The quantitative estimate of drug-likeness (QED) is 0.264. The molecule has 0 fully saturated rings. The van der Waals surface area contributed by atoms with E-state index in [-0.39, 0.29) is 12.8 Å². The van der Waals surface area contributed by atoms with Gasteiger partial charge in [-0.2, -0.15) is 8.42 Å². The molecule has 0 heterocycles. The third-order valence-electron chi connectivity index (χ3n) is 3.19. The molecule has 0 amide bonds. The van der Waals surface area contributed by atoms with E-state index < -0.39 is 48.9 Å². The van der Waals surface area contributed by atoms with Crippen molar-refractivity contribution in [1.29, 1.82) is 0 Å². The SMILES string of the molecule is CC(C)OS(=O)(=O)C(C)OC(=O)CCCCCC(=O)OC(C)S(C)(=O)=O. The van der Waals surface area contributed by atoms with Crippen molar-refractivity contribution in [1.82, 2.24) is 0 Å². The summed E-state index contributed by atoms with van der Waals surface area (Å²) in [6.07, 6.45) is 1.76.